The highest BCUT2D eigenvalue weighted by molar-refractivity contribution is 6.30. The molecule has 1 unspecified atom stereocenters. The smallest absolute Gasteiger partial charge is 0.125 e. The molecule has 0 saturated heterocycles. The van der Waals surface area contributed by atoms with E-state index in [0.717, 1.165) is 21.9 Å². The van der Waals surface area contributed by atoms with Crippen molar-refractivity contribution in [2.24, 2.45) is 0 Å². The van der Waals surface area contributed by atoms with Gasteiger partial charge in [-0.1, -0.05) is 54.1 Å². The molecule has 106 valence electrons. The van der Waals surface area contributed by atoms with Crippen molar-refractivity contribution in [3.8, 4) is 5.75 Å². The molecule has 0 amide bonds. The summed E-state index contributed by atoms with van der Waals surface area (Å²) >= 11 is 5.91. The highest BCUT2D eigenvalue weighted by atomic mass is 35.5. The number of rotatable bonds is 3. The van der Waals surface area contributed by atoms with Gasteiger partial charge in [0.1, 0.15) is 11.9 Å². The topological polar surface area (TPSA) is 29.5 Å². The molecule has 0 bridgehead atoms. The van der Waals surface area contributed by atoms with Gasteiger partial charge in [-0.25, -0.2) is 0 Å². The Balaban J connectivity index is 2.19. The van der Waals surface area contributed by atoms with Crippen LogP contribution in [0.4, 0.5) is 0 Å². The Bertz CT molecular complexity index is 766. The van der Waals surface area contributed by atoms with Crippen LogP contribution in [-0.4, -0.2) is 12.2 Å². The molecule has 0 heterocycles. The van der Waals surface area contributed by atoms with E-state index in [1.54, 1.807) is 19.2 Å². The third kappa shape index (κ3) is 2.60. The second kappa shape index (κ2) is 5.76. The summed E-state index contributed by atoms with van der Waals surface area (Å²) in [6, 6.07) is 19.0. The van der Waals surface area contributed by atoms with E-state index in [4.69, 9.17) is 16.3 Å². The van der Waals surface area contributed by atoms with Crippen molar-refractivity contribution in [1.82, 2.24) is 0 Å². The average Bonchev–Trinajstić information content (AvgIpc) is 2.53. The van der Waals surface area contributed by atoms with Gasteiger partial charge in [-0.2, -0.15) is 0 Å². The number of aliphatic hydroxyl groups is 1. The maximum absolute atomic E-state index is 10.8. The highest BCUT2D eigenvalue weighted by Gasteiger charge is 2.18. The average molecular weight is 299 g/mol. The van der Waals surface area contributed by atoms with Gasteiger partial charge in [0.2, 0.25) is 0 Å². The summed E-state index contributed by atoms with van der Waals surface area (Å²) in [6.45, 7) is 0. The first kappa shape index (κ1) is 13.9. The fourth-order valence-electron chi connectivity index (χ4n) is 2.55. The number of aliphatic hydroxyl groups excluding tert-OH is 1. The van der Waals surface area contributed by atoms with E-state index in [1.165, 1.54) is 0 Å². The SMILES string of the molecule is COc1ccc2ccccc2c1C(O)c1ccc(Cl)cc1. The third-order valence-electron chi connectivity index (χ3n) is 3.61. The molecule has 0 aliphatic carbocycles. The molecular weight excluding hydrogens is 284 g/mol. The number of methoxy groups -OCH3 is 1. The van der Waals surface area contributed by atoms with E-state index in [-0.39, 0.29) is 0 Å². The number of benzene rings is 3. The first-order chi connectivity index (χ1) is 10.2. The molecule has 1 N–H and O–H groups in total. The Hall–Kier alpha value is -2.03. The molecule has 3 heteroatoms. The minimum absolute atomic E-state index is 0.649. The monoisotopic (exact) mass is 298 g/mol. The van der Waals surface area contributed by atoms with Gasteiger partial charge in [-0.15, -0.1) is 0 Å². The molecule has 3 aromatic rings. The van der Waals surface area contributed by atoms with Crippen LogP contribution in [0.3, 0.4) is 0 Å². The van der Waals surface area contributed by atoms with Crippen LogP contribution in [0.15, 0.2) is 60.7 Å². The van der Waals surface area contributed by atoms with Crippen LogP contribution < -0.4 is 4.74 Å². The summed E-state index contributed by atoms with van der Waals surface area (Å²) < 4.78 is 5.43. The summed E-state index contributed by atoms with van der Waals surface area (Å²) in [6.07, 6.45) is -0.761. The lowest BCUT2D eigenvalue weighted by Crippen LogP contribution is -2.03. The van der Waals surface area contributed by atoms with Crippen LogP contribution in [0.5, 0.6) is 5.75 Å². The normalized spacial score (nSPS) is 12.3. The maximum Gasteiger partial charge on any atom is 0.125 e. The van der Waals surface area contributed by atoms with E-state index in [0.29, 0.717) is 10.8 Å². The highest BCUT2D eigenvalue weighted by Crippen LogP contribution is 2.36. The molecule has 0 aliphatic heterocycles. The minimum Gasteiger partial charge on any atom is -0.496 e. The summed E-state index contributed by atoms with van der Waals surface area (Å²) in [7, 11) is 1.61. The zero-order valence-corrected chi connectivity index (χ0v) is 12.3. The number of ether oxygens (including phenoxy) is 1. The molecule has 3 rings (SSSR count). The van der Waals surface area contributed by atoms with Crippen molar-refractivity contribution in [2.45, 2.75) is 6.10 Å². The van der Waals surface area contributed by atoms with Crippen LogP contribution in [0, 0.1) is 0 Å². The fraction of sp³-hybridized carbons (Fsp3) is 0.111. The predicted octanol–water partition coefficient (Wildman–Crippen LogP) is 4.58. The second-order valence-electron chi connectivity index (χ2n) is 4.86. The standard InChI is InChI=1S/C18H15ClO2/c1-21-16-11-8-12-4-2-3-5-15(12)17(16)18(20)13-6-9-14(19)10-7-13/h2-11,18,20H,1H3. The first-order valence-electron chi connectivity index (χ1n) is 6.70. The molecular formula is C18H15ClO2. The molecule has 1 atom stereocenters. The molecule has 0 fully saturated rings. The van der Waals surface area contributed by atoms with Crippen molar-refractivity contribution in [2.75, 3.05) is 7.11 Å². The van der Waals surface area contributed by atoms with Gasteiger partial charge in [0, 0.05) is 10.6 Å². The van der Waals surface area contributed by atoms with Crippen LogP contribution in [0.1, 0.15) is 17.2 Å². The predicted molar refractivity (Wildman–Crippen MR) is 86.0 cm³/mol. The van der Waals surface area contributed by atoms with Crippen molar-refractivity contribution < 1.29 is 9.84 Å². The van der Waals surface area contributed by atoms with Gasteiger partial charge in [-0.05, 0) is 34.5 Å². The van der Waals surface area contributed by atoms with Crippen molar-refractivity contribution in [3.63, 3.8) is 0 Å². The lowest BCUT2D eigenvalue weighted by Gasteiger charge is -2.18. The number of hydrogen-bond donors (Lipinski definition) is 1. The van der Waals surface area contributed by atoms with Crippen LogP contribution in [0.25, 0.3) is 10.8 Å². The van der Waals surface area contributed by atoms with E-state index in [1.807, 2.05) is 48.5 Å². The van der Waals surface area contributed by atoms with Crippen molar-refractivity contribution in [3.05, 3.63) is 76.8 Å². The largest absolute Gasteiger partial charge is 0.496 e. The molecule has 0 radical (unpaired) electrons. The number of halogens is 1. The van der Waals surface area contributed by atoms with Gasteiger partial charge in [0.25, 0.3) is 0 Å². The Morgan fingerprint density at radius 1 is 0.952 bits per heavy atom. The van der Waals surface area contributed by atoms with E-state index in [2.05, 4.69) is 0 Å². The van der Waals surface area contributed by atoms with E-state index >= 15 is 0 Å². The zero-order valence-electron chi connectivity index (χ0n) is 11.6. The Morgan fingerprint density at radius 2 is 1.67 bits per heavy atom. The molecule has 0 aliphatic rings. The molecule has 0 saturated carbocycles. The van der Waals surface area contributed by atoms with Gasteiger partial charge in [0.15, 0.2) is 0 Å². The number of hydrogen-bond acceptors (Lipinski definition) is 2. The second-order valence-corrected chi connectivity index (χ2v) is 5.29. The molecule has 2 nitrogen and oxygen atoms in total. The molecule has 3 aromatic carbocycles. The summed E-state index contributed by atoms with van der Waals surface area (Å²) in [5, 5.41) is 13.5. The Morgan fingerprint density at radius 3 is 2.38 bits per heavy atom. The Labute approximate surface area is 128 Å². The van der Waals surface area contributed by atoms with Crippen LogP contribution in [0.2, 0.25) is 5.02 Å². The van der Waals surface area contributed by atoms with Gasteiger partial charge in [0.05, 0.1) is 7.11 Å². The fourth-order valence-corrected chi connectivity index (χ4v) is 2.67. The lowest BCUT2D eigenvalue weighted by molar-refractivity contribution is 0.216. The van der Waals surface area contributed by atoms with Gasteiger partial charge >= 0.3 is 0 Å². The first-order valence-corrected chi connectivity index (χ1v) is 7.07. The summed E-state index contributed by atoms with van der Waals surface area (Å²) in [5.41, 5.74) is 1.56. The quantitative estimate of drug-likeness (QED) is 0.766. The summed E-state index contributed by atoms with van der Waals surface area (Å²) in [4.78, 5) is 0. The van der Waals surface area contributed by atoms with Crippen molar-refractivity contribution >= 4 is 22.4 Å². The molecule has 0 spiro atoms. The lowest BCUT2D eigenvalue weighted by atomic mass is 9.95. The summed E-state index contributed by atoms with van der Waals surface area (Å²) in [5.74, 6) is 0.677. The third-order valence-corrected chi connectivity index (χ3v) is 3.86. The number of fused-ring (bicyclic) bond motifs is 1. The minimum atomic E-state index is -0.761. The zero-order chi connectivity index (χ0) is 14.8. The molecule has 0 aromatic heterocycles. The van der Waals surface area contributed by atoms with Crippen LogP contribution in [-0.2, 0) is 0 Å². The molecule has 21 heavy (non-hydrogen) atoms. The van der Waals surface area contributed by atoms with Crippen LogP contribution >= 0.6 is 11.6 Å². The Kier molecular flexibility index (Phi) is 3.82. The van der Waals surface area contributed by atoms with E-state index < -0.39 is 6.10 Å². The van der Waals surface area contributed by atoms with Gasteiger partial charge < -0.3 is 9.84 Å². The maximum atomic E-state index is 10.8. The van der Waals surface area contributed by atoms with Gasteiger partial charge in [-0.3, -0.25) is 0 Å². The van der Waals surface area contributed by atoms with Crippen molar-refractivity contribution in [1.29, 1.82) is 0 Å². The van der Waals surface area contributed by atoms with E-state index in [9.17, 15) is 5.11 Å².